The number of hydrogen-bond donors (Lipinski definition) is 0. The first-order valence-corrected chi connectivity index (χ1v) is 6.91. The molecule has 0 fully saturated rings. The van der Waals surface area contributed by atoms with Crippen molar-refractivity contribution >= 4 is 17.6 Å². The van der Waals surface area contributed by atoms with Gasteiger partial charge >= 0.3 is 5.97 Å². The topological polar surface area (TPSA) is 26.3 Å². The minimum absolute atomic E-state index is 0.295. The number of esters is 1. The van der Waals surface area contributed by atoms with Crippen LogP contribution in [-0.2, 0) is 4.74 Å². The second kappa shape index (κ2) is 7.25. The van der Waals surface area contributed by atoms with E-state index in [9.17, 15) is 4.79 Å². The van der Waals surface area contributed by atoms with Gasteiger partial charge in [-0.2, -0.15) is 0 Å². The molecule has 2 aromatic rings. The van der Waals surface area contributed by atoms with Crippen molar-refractivity contribution in [2.24, 2.45) is 0 Å². The van der Waals surface area contributed by atoms with Gasteiger partial charge in [-0.3, -0.25) is 0 Å². The smallest absolute Gasteiger partial charge is 0.338 e. The van der Waals surface area contributed by atoms with Crippen molar-refractivity contribution in [3.05, 3.63) is 83.9 Å². The highest BCUT2D eigenvalue weighted by atomic mass is 16.5. The van der Waals surface area contributed by atoms with Crippen LogP contribution in [0.4, 0.5) is 0 Å². The summed E-state index contributed by atoms with van der Waals surface area (Å²) in [6.07, 6.45) is 3.87. The highest BCUT2D eigenvalue weighted by Crippen LogP contribution is 2.20. The lowest BCUT2D eigenvalue weighted by Gasteiger charge is -2.05. The predicted octanol–water partition coefficient (Wildman–Crippen LogP) is 4.59. The Balaban J connectivity index is 2.26. The zero-order valence-corrected chi connectivity index (χ0v) is 12.1. The second-order valence-corrected chi connectivity index (χ2v) is 4.51. The summed E-state index contributed by atoms with van der Waals surface area (Å²) >= 11 is 0. The van der Waals surface area contributed by atoms with Crippen LogP contribution in [0.25, 0.3) is 11.6 Å². The van der Waals surface area contributed by atoms with E-state index in [1.807, 2.05) is 48.5 Å². The maximum atomic E-state index is 11.6. The maximum Gasteiger partial charge on any atom is 0.338 e. The Morgan fingerprint density at radius 3 is 2.24 bits per heavy atom. The molecule has 0 spiro atoms. The normalized spacial score (nSPS) is 11.0. The highest BCUT2D eigenvalue weighted by molar-refractivity contribution is 5.91. The van der Waals surface area contributed by atoms with Crippen LogP contribution >= 0.6 is 0 Å². The molecule has 0 unspecified atom stereocenters. The van der Waals surface area contributed by atoms with Gasteiger partial charge in [-0.1, -0.05) is 55.1 Å². The number of hydrogen-bond acceptors (Lipinski definition) is 2. The van der Waals surface area contributed by atoms with E-state index < -0.39 is 0 Å². The molecular formula is C19H18O2. The summed E-state index contributed by atoms with van der Waals surface area (Å²) in [5.74, 6) is -0.295. The van der Waals surface area contributed by atoms with E-state index in [2.05, 4.69) is 12.7 Å². The first kappa shape index (κ1) is 14.8. The van der Waals surface area contributed by atoms with Gasteiger partial charge in [0.2, 0.25) is 0 Å². The summed E-state index contributed by atoms with van der Waals surface area (Å²) in [5, 5.41) is 0. The van der Waals surface area contributed by atoms with Gasteiger partial charge in [0.25, 0.3) is 0 Å². The SMILES string of the molecule is C=C/C(=C\c1ccccc1)c1ccc(C(=O)OCC)cc1. The zero-order chi connectivity index (χ0) is 15.1. The average Bonchev–Trinajstić information content (AvgIpc) is 2.54. The first-order chi connectivity index (χ1) is 10.2. The van der Waals surface area contributed by atoms with E-state index in [1.54, 1.807) is 19.1 Å². The Morgan fingerprint density at radius 1 is 1.05 bits per heavy atom. The lowest BCUT2D eigenvalue weighted by Crippen LogP contribution is -2.04. The molecule has 2 rings (SSSR count). The summed E-state index contributed by atoms with van der Waals surface area (Å²) < 4.78 is 4.98. The van der Waals surface area contributed by atoms with Crippen LogP contribution in [0.15, 0.2) is 67.3 Å². The van der Waals surface area contributed by atoms with Crippen molar-refractivity contribution in [3.8, 4) is 0 Å². The molecule has 0 aliphatic heterocycles. The van der Waals surface area contributed by atoms with E-state index in [4.69, 9.17) is 4.74 Å². The van der Waals surface area contributed by atoms with Gasteiger partial charge in [0, 0.05) is 0 Å². The molecule has 2 aromatic carbocycles. The van der Waals surface area contributed by atoms with Gasteiger partial charge in [0.1, 0.15) is 0 Å². The molecule has 0 saturated heterocycles. The van der Waals surface area contributed by atoms with Gasteiger partial charge in [-0.05, 0) is 41.8 Å². The molecular weight excluding hydrogens is 260 g/mol. The van der Waals surface area contributed by atoms with Gasteiger partial charge in [-0.25, -0.2) is 4.79 Å². The first-order valence-electron chi connectivity index (χ1n) is 6.91. The molecule has 0 bridgehead atoms. The van der Waals surface area contributed by atoms with Gasteiger partial charge < -0.3 is 4.74 Å². The molecule has 2 nitrogen and oxygen atoms in total. The van der Waals surface area contributed by atoms with E-state index in [0.717, 1.165) is 16.7 Å². The van der Waals surface area contributed by atoms with Crippen LogP contribution in [0.1, 0.15) is 28.4 Å². The number of ether oxygens (including phenoxy) is 1. The Labute approximate surface area is 125 Å². The fraction of sp³-hybridized carbons (Fsp3) is 0.105. The molecule has 0 aromatic heterocycles. The third-order valence-electron chi connectivity index (χ3n) is 3.07. The molecule has 0 aliphatic rings. The number of benzene rings is 2. The van der Waals surface area contributed by atoms with Gasteiger partial charge in [-0.15, -0.1) is 0 Å². The fourth-order valence-corrected chi connectivity index (χ4v) is 2.00. The van der Waals surface area contributed by atoms with E-state index in [1.165, 1.54) is 0 Å². The third kappa shape index (κ3) is 3.93. The monoisotopic (exact) mass is 278 g/mol. The second-order valence-electron chi connectivity index (χ2n) is 4.51. The van der Waals surface area contributed by atoms with Gasteiger partial charge in [0.15, 0.2) is 0 Å². The summed E-state index contributed by atoms with van der Waals surface area (Å²) in [6, 6.07) is 17.4. The predicted molar refractivity (Wildman–Crippen MR) is 86.9 cm³/mol. The van der Waals surface area contributed by atoms with Crippen LogP contribution in [-0.4, -0.2) is 12.6 Å². The minimum Gasteiger partial charge on any atom is -0.462 e. The van der Waals surface area contributed by atoms with Crippen LogP contribution in [0.2, 0.25) is 0 Å². The van der Waals surface area contributed by atoms with Crippen molar-refractivity contribution < 1.29 is 9.53 Å². The lowest BCUT2D eigenvalue weighted by atomic mass is 10.0. The fourth-order valence-electron chi connectivity index (χ4n) is 2.00. The third-order valence-corrected chi connectivity index (χ3v) is 3.07. The summed E-state index contributed by atoms with van der Waals surface area (Å²) in [4.78, 5) is 11.6. The molecule has 0 amide bonds. The van der Waals surface area contributed by atoms with E-state index in [-0.39, 0.29) is 5.97 Å². The lowest BCUT2D eigenvalue weighted by molar-refractivity contribution is 0.0526. The van der Waals surface area contributed by atoms with Crippen molar-refractivity contribution in [1.82, 2.24) is 0 Å². The molecule has 0 saturated carbocycles. The molecule has 0 radical (unpaired) electrons. The summed E-state index contributed by atoms with van der Waals surface area (Å²) in [6.45, 7) is 6.04. The zero-order valence-electron chi connectivity index (χ0n) is 12.1. The largest absolute Gasteiger partial charge is 0.462 e. The number of carbonyl (C=O) groups is 1. The number of allylic oxidation sites excluding steroid dienone is 2. The summed E-state index contributed by atoms with van der Waals surface area (Å²) in [5.41, 5.74) is 3.70. The standard InChI is InChI=1S/C19H18O2/c1-3-16(14-15-8-6-5-7-9-15)17-10-12-18(13-11-17)19(20)21-4-2/h3,5-14H,1,4H2,2H3/b16-14+. The van der Waals surface area contributed by atoms with Crippen LogP contribution in [0.3, 0.4) is 0 Å². The van der Waals surface area contributed by atoms with Crippen LogP contribution in [0.5, 0.6) is 0 Å². The van der Waals surface area contributed by atoms with Crippen molar-refractivity contribution in [3.63, 3.8) is 0 Å². The average molecular weight is 278 g/mol. The molecule has 106 valence electrons. The van der Waals surface area contributed by atoms with Gasteiger partial charge in [0.05, 0.1) is 12.2 Å². The van der Waals surface area contributed by atoms with Crippen molar-refractivity contribution in [1.29, 1.82) is 0 Å². The van der Waals surface area contributed by atoms with E-state index in [0.29, 0.717) is 12.2 Å². The molecule has 0 heterocycles. The minimum atomic E-state index is -0.295. The Hall–Kier alpha value is -2.61. The number of carbonyl (C=O) groups excluding carboxylic acids is 1. The molecule has 21 heavy (non-hydrogen) atoms. The highest BCUT2D eigenvalue weighted by Gasteiger charge is 2.06. The van der Waals surface area contributed by atoms with Crippen LogP contribution in [0, 0.1) is 0 Å². The van der Waals surface area contributed by atoms with Crippen molar-refractivity contribution in [2.45, 2.75) is 6.92 Å². The Morgan fingerprint density at radius 2 is 1.67 bits per heavy atom. The van der Waals surface area contributed by atoms with E-state index >= 15 is 0 Å². The summed E-state index contributed by atoms with van der Waals surface area (Å²) in [7, 11) is 0. The Kier molecular flexibility index (Phi) is 5.10. The van der Waals surface area contributed by atoms with Crippen LogP contribution < -0.4 is 0 Å². The maximum absolute atomic E-state index is 11.6. The molecule has 0 N–H and O–H groups in total. The molecule has 0 aliphatic carbocycles. The molecule has 0 atom stereocenters. The molecule has 2 heteroatoms. The number of rotatable bonds is 5. The van der Waals surface area contributed by atoms with Crippen molar-refractivity contribution in [2.75, 3.05) is 6.61 Å². The Bertz CT molecular complexity index is 637. The quantitative estimate of drug-likeness (QED) is 0.454.